The summed E-state index contributed by atoms with van der Waals surface area (Å²) in [6.07, 6.45) is 1.03. The molecular weight excluding hydrogens is 96.0 g/mol. The van der Waals surface area contributed by atoms with E-state index in [4.69, 9.17) is 5.21 Å². The molecule has 0 saturated carbocycles. The lowest BCUT2D eigenvalue weighted by molar-refractivity contribution is -0.965. The molecule has 0 aromatic carbocycles. The highest BCUT2D eigenvalue weighted by Crippen LogP contribution is 1.47. The molecule has 1 unspecified atom stereocenters. The fraction of sp³-hybridized carbons (Fsp3) is 0.333. The smallest absolute Gasteiger partial charge is 0.108 e. The number of hydrogen-bond donors (Lipinski definition) is 2. The van der Waals surface area contributed by atoms with Crippen LogP contribution in [0.15, 0.2) is 12.8 Å². The standard InChI is InChI=1S/C3H8N2O2/c1-3-5(7)4(2)6/h3,5-6H,1H2,2H3. The van der Waals surface area contributed by atoms with Crippen molar-refractivity contribution in [3.05, 3.63) is 18.0 Å². The average molecular weight is 104 g/mol. The second kappa shape index (κ2) is 2.70. The highest BCUT2D eigenvalue weighted by atomic mass is 16.7. The zero-order chi connectivity index (χ0) is 5.86. The Hall–Kier alpha value is -0.420. The maximum Gasteiger partial charge on any atom is 0.108 e. The minimum Gasteiger partial charge on any atom is -0.606 e. The molecule has 0 bridgehead atoms. The number of hydrogen-bond acceptors (Lipinski definition) is 3. The summed E-state index contributed by atoms with van der Waals surface area (Å²) in [4.78, 5) is 0. The molecule has 7 heavy (non-hydrogen) atoms. The van der Waals surface area contributed by atoms with Crippen molar-refractivity contribution in [2.75, 3.05) is 7.05 Å². The van der Waals surface area contributed by atoms with Gasteiger partial charge in [-0.1, -0.05) is 0 Å². The molecule has 0 amide bonds. The lowest BCUT2D eigenvalue weighted by atomic mass is 11.0. The van der Waals surface area contributed by atoms with E-state index >= 15 is 0 Å². The summed E-state index contributed by atoms with van der Waals surface area (Å²) in [7, 11) is 1.24. The Morgan fingerprint density at radius 3 is 2.43 bits per heavy atom. The predicted octanol–water partition coefficient (Wildman–Crippen LogP) is -1.25. The van der Waals surface area contributed by atoms with Crippen molar-refractivity contribution in [3.8, 4) is 0 Å². The summed E-state index contributed by atoms with van der Waals surface area (Å²) in [5, 5.41) is 18.3. The van der Waals surface area contributed by atoms with Crippen molar-refractivity contribution in [2.24, 2.45) is 0 Å². The molecular formula is C3H8N2O2. The van der Waals surface area contributed by atoms with E-state index in [1.165, 1.54) is 7.05 Å². The molecule has 2 N–H and O–H groups in total. The van der Waals surface area contributed by atoms with Crippen LogP contribution in [0.25, 0.3) is 0 Å². The van der Waals surface area contributed by atoms with E-state index < -0.39 is 5.17 Å². The average Bonchev–Trinajstić information content (AvgIpc) is 1.65. The van der Waals surface area contributed by atoms with Crippen LogP contribution in [0.2, 0.25) is 0 Å². The number of hydroxylamine groups is 2. The van der Waals surface area contributed by atoms with E-state index in [0.717, 1.165) is 6.20 Å². The number of rotatable bonds is 2. The molecule has 1 atom stereocenters. The van der Waals surface area contributed by atoms with Gasteiger partial charge in [0, 0.05) is 0 Å². The van der Waals surface area contributed by atoms with Crippen molar-refractivity contribution >= 4 is 0 Å². The molecule has 0 aliphatic heterocycles. The third kappa shape index (κ3) is 2.30. The maximum absolute atomic E-state index is 10.1. The fourth-order valence-electron chi connectivity index (χ4n) is 0.132. The first kappa shape index (κ1) is 6.58. The quantitative estimate of drug-likeness (QED) is 0.430. The Morgan fingerprint density at radius 2 is 2.43 bits per heavy atom. The first-order valence-electron chi connectivity index (χ1n) is 1.77. The molecule has 0 spiro atoms. The third-order valence-corrected chi connectivity index (χ3v) is 0.494. The van der Waals surface area contributed by atoms with Gasteiger partial charge in [0.05, 0.1) is 7.05 Å². The van der Waals surface area contributed by atoms with Crippen LogP contribution in [0.5, 0.6) is 0 Å². The van der Waals surface area contributed by atoms with Crippen molar-refractivity contribution in [3.63, 3.8) is 0 Å². The van der Waals surface area contributed by atoms with Crippen LogP contribution in [0, 0.1) is 5.21 Å². The zero-order valence-corrected chi connectivity index (χ0v) is 4.09. The Kier molecular flexibility index (Phi) is 2.54. The van der Waals surface area contributed by atoms with Crippen molar-refractivity contribution in [2.45, 2.75) is 0 Å². The van der Waals surface area contributed by atoms with Crippen LogP contribution < -0.4 is 5.17 Å². The van der Waals surface area contributed by atoms with Crippen LogP contribution in [-0.4, -0.2) is 17.4 Å². The van der Waals surface area contributed by atoms with Gasteiger partial charge in [-0.05, 0) is 11.8 Å². The Morgan fingerprint density at radius 1 is 2.00 bits per heavy atom. The summed E-state index contributed by atoms with van der Waals surface area (Å²) in [6.45, 7) is 3.13. The number of nitrogens with one attached hydrogen (secondary N) is 1. The van der Waals surface area contributed by atoms with Crippen molar-refractivity contribution in [1.82, 2.24) is 5.17 Å². The van der Waals surface area contributed by atoms with E-state index in [0.29, 0.717) is 5.17 Å². The van der Waals surface area contributed by atoms with Crippen molar-refractivity contribution in [1.29, 1.82) is 0 Å². The molecule has 0 aromatic heterocycles. The van der Waals surface area contributed by atoms with Crippen LogP contribution in [0.3, 0.4) is 0 Å². The Bertz CT molecular complexity index is 64.0. The van der Waals surface area contributed by atoms with Gasteiger partial charge < -0.3 is 5.21 Å². The van der Waals surface area contributed by atoms with Gasteiger partial charge in [-0.15, -0.1) is 0 Å². The van der Waals surface area contributed by atoms with Gasteiger partial charge in [0.1, 0.15) is 6.20 Å². The molecule has 0 rings (SSSR count). The van der Waals surface area contributed by atoms with Crippen molar-refractivity contribution < 1.29 is 10.4 Å². The number of quaternary nitrogens is 1. The lowest BCUT2D eigenvalue weighted by Crippen LogP contribution is -3.08. The Balaban J connectivity index is 3.33. The molecule has 0 aliphatic rings. The van der Waals surface area contributed by atoms with Crippen LogP contribution >= 0.6 is 0 Å². The minimum atomic E-state index is -0.500. The topological polar surface area (TPSA) is 51.0 Å². The van der Waals surface area contributed by atoms with Crippen LogP contribution in [0.1, 0.15) is 0 Å². The first-order chi connectivity index (χ1) is 3.18. The molecule has 4 nitrogen and oxygen atoms in total. The molecule has 0 saturated heterocycles. The first-order valence-corrected chi connectivity index (χ1v) is 1.77. The predicted molar refractivity (Wildman–Crippen MR) is 24.1 cm³/mol. The number of nitrogens with zero attached hydrogens (tertiary/aromatic N) is 1. The van der Waals surface area contributed by atoms with Gasteiger partial charge in [0.2, 0.25) is 0 Å². The lowest BCUT2D eigenvalue weighted by Gasteiger charge is -2.19. The second-order valence-electron chi connectivity index (χ2n) is 1.07. The molecule has 4 heteroatoms. The van der Waals surface area contributed by atoms with Gasteiger partial charge in [0.15, 0.2) is 0 Å². The van der Waals surface area contributed by atoms with E-state index in [1.807, 2.05) is 0 Å². The molecule has 0 aliphatic carbocycles. The Labute approximate surface area is 41.8 Å². The maximum atomic E-state index is 10.1. The molecule has 0 radical (unpaired) electrons. The van der Waals surface area contributed by atoms with E-state index in [2.05, 4.69) is 6.58 Å². The van der Waals surface area contributed by atoms with E-state index in [1.54, 1.807) is 0 Å². The SMILES string of the molecule is C=C[NH+]([O-])N(C)O. The summed E-state index contributed by atoms with van der Waals surface area (Å²) in [6, 6.07) is 0. The van der Waals surface area contributed by atoms with Gasteiger partial charge in [-0.25, -0.2) is 5.17 Å². The van der Waals surface area contributed by atoms with E-state index in [-0.39, 0.29) is 0 Å². The van der Waals surface area contributed by atoms with Gasteiger partial charge >= 0.3 is 0 Å². The largest absolute Gasteiger partial charge is 0.606 e. The second-order valence-corrected chi connectivity index (χ2v) is 1.07. The molecule has 0 aromatic rings. The summed E-state index contributed by atoms with van der Waals surface area (Å²) in [5.74, 6) is 0. The molecule has 0 heterocycles. The van der Waals surface area contributed by atoms with Gasteiger partial charge in [-0.3, -0.25) is 5.21 Å². The minimum absolute atomic E-state index is 0.465. The third-order valence-electron chi connectivity index (χ3n) is 0.494. The molecule has 42 valence electrons. The summed E-state index contributed by atoms with van der Waals surface area (Å²) >= 11 is 0. The molecule has 0 fully saturated rings. The van der Waals surface area contributed by atoms with E-state index in [9.17, 15) is 5.21 Å². The fourth-order valence-corrected chi connectivity index (χ4v) is 0.132. The van der Waals surface area contributed by atoms with Crippen LogP contribution in [0.4, 0.5) is 0 Å². The van der Waals surface area contributed by atoms with Gasteiger partial charge in [-0.2, -0.15) is 0 Å². The highest BCUT2D eigenvalue weighted by Gasteiger charge is 1.90. The monoisotopic (exact) mass is 104 g/mol. The summed E-state index contributed by atoms with van der Waals surface area (Å²) < 4.78 is 0. The highest BCUT2D eigenvalue weighted by molar-refractivity contribution is 4.42. The van der Waals surface area contributed by atoms with Gasteiger partial charge in [0.25, 0.3) is 0 Å². The van der Waals surface area contributed by atoms with Crippen LogP contribution in [-0.2, 0) is 0 Å². The zero-order valence-electron chi connectivity index (χ0n) is 4.09. The summed E-state index contributed by atoms with van der Waals surface area (Å²) in [5.41, 5.74) is 0. The normalized spacial score (nSPS) is 14.3.